The Kier molecular flexibility index (Phi) is 6.58. The summed E-state index contributed by atoms with van der Waals surface area (Å²) in [6, 6.07) is 11.9. The molecule has 3 aromatic rings. The van der Waals surface area contributed by atoms with Crippen LogP contribution in [0.3, 0.4) is 0 Å². The van der Waals surface area contributed by atoms with E-state index in [0.717, 1.165) is 29.5 Å². The van der Waals surface area contributed by atoms with Gasteiger partial charge in [-0.2, -0.15) is 13.2 Å². The number of nitrogens with zero attached hydrogens (tertiary/aromatic N) is 2. The second-order valence-electron chi connectivity index (χ2n) is 7.69. The van der Waals surface area contributed by atoms with E-state index in [0.29, 0.717) is 27.9 Å². The van der Waals surface area contributed by atoms with E-state index in [1.165, 1.54) is 28.5 Å². The van der Waals surface area contributed by atoms with E-state index in [1.54, 1.807) is 0 Å². The van der Waals surface area contributed by atoms with Crippen molar-refractivity contribution in [1.29, 1.82) is 0 Å². The molecule has 0 saturated carbocycles. The number of rotatable bonds is 5. The summed E-state index contributed by atoms with van der Waals surface area (Å²) in [6.45, 7) is 3.97. The first-order chi connectivity index (χ1) is 15.6. The first-order valence-electron chi connectivity index (χ1n) is 10.1. The molecule has 0 spiro atoms. The number of hydrogen-bond donors (Lipinski definition) is 1. The van der Waals surface area contributed by atoms with Crippen LogP contribution in [0.25, 0.3) is 5.69 Å². The first-order valence-corrected chi connectivity index (χ1v) is 12.0. The van der Waals surface area contributed by atoms with Gasteiger partial charge in [0.2, 0.25) is 5.91 Å². The van der Waals surface area contributed by atoms with Gasteiger partial charge in [-0.05, 0) is 37.3 Å². The molecule has 10 heteroatoms. The van der Waals surface area contributed by atoms with Gasteiger partial charge < -0.3 is 5.32 Å². The van der Waals surface area contributed by atoms with Gasteiger partial charge in [0.05, 0.1) is 27.6 Å². The van der Waals surface area contributed by atoms with Gasteiger partial charge in [-0.15, -0.1) is 11.8 Å². The van der Waals surface area contributed by atoms with Crippen LogP contribution < -0.4 is 10.9 Å². The fourth-order valence-electron chi connectivity index (χ4n) is 3.42. The van der Waals surface area contributed by atoms with Crippen LogP contribution >= 0.6 is 23.5 Å². The van der Waals surface area contributed by atoms with Crippen molar-refractivity contribution in [3.05, 3.63) is 75.7 Å². The lowest BCUT2D eigenvalue weighted by Crippen LogP contribution is -2.24. The third kappa shape index (κ3) is 5.27. The van der Waals surface area contributed by atoms with Gasteiger partial charge in [0, 0.05) is 17.4 Å². The molecule has 0 fully saturated rings. The summed E-state index contributed by atoms with van der Waals surface area (Å²) >= 11 is 2.56. The van der Waals surface area contributed by atoms with Crippen LogP contribution in [0.15, 0.2) is 63.4 Å². The van der Waals surface area contributed by atoms with Crippen molar-refractivity contribution in [3.63, 3.8) is 0 Å². The zero-order chi connectivity index (χ0) is 23.8. The second-order valence-corrected chi connectivity index (χ2v) is 10.1. The maximum absolute atomic E-state index is 13.3. The predicted octanol–water partition coefficient (Wildman–Crippen LogP) is 5.33. The number of carbonyl (C=O) groups excluding carboxylic acids is 1. The zero-order valence-corrected chi connectivity index (χ0v) is 19.4. The third-order valence-corrected chi connectivity index (χ3v) is 7.13. The minimum Gasteiger partial charge on any atom is -0.325 e. The lowest BCUT2D eigenvalue weighted by molar-refractivity contribution is -0.137. The number of thioether (sulfide) groups is 2. The van der Waals surface area contributed by atoms with Gasteiger partial charge >= 0.3 is 6.18 Å². The Labute approximate surface area is 196 Å². The Morgan fingerprint density at radius 2 is 1.97 bits per heavy atom. The Balaban J connectivity index is 1.58. The summed E-state index contributed by atoms with van der Waals surface area (Å²) in [5, 5.41) is 3.09. The molecule has 1 unspecified atom stereocenters. The average Bonchev–Trinajstić information content (AvgIpc) is 3.13. The van der Waals surface area contributed by atoms with Crippen molar-refractivity contribution in [3.8, 4) is 5.69 Å². The van der Waals surface area contributed by atoms with E-state index in [1.807, 2.05) is 38.1 Å². The molecule has 0 bridgehead atoms. The van der Waals surface area contributed by atoms with Crippen LogP contribution in [0.5, 0.6) is 0 Å². The highest BCUT2D eigenvalue weighted by Gasteiger charge is 2.30. The minimum atomic E-state index is -4.50. The summed E-state index contributed by atoms with van der Waals surface area (Å²) in [4.78, 5) is 31.0. The molecule has 1 N–H and O–H groups in total. The lowest BCUT2D eigenvalue weighted by atomic mass is 10.2. The third-order valence-electron chi connectivity index (χ3n) is 4.98. The molecule has 0 radical (unpaired) electrons. The first kappa shape index (κ1) is 23.4. The van der Waals surface area contributed by atoms with Gasteiger partial charge in [0.1, 0.15) is 0 Å². The molecule has 172 valence electrons. The number of benzene rings is 2. The smallest absolute Gasteiger partial charge is 0.325 e. The molecule has 0 saturated heterocycles. The molecule has 1 aromatic heterocycles. The van der Waals surface area contributed by atoms with Crippen molar-refractivity contribution >= 4 is 35.1 Å². The van der Waals surface area contributed by atoms with Gasteiger partial charge in [-0.3, -0.25) is 14.2 Å². The van der Waals surface area contributed by atoms with E-state index in [4.69, 9.17) is 0 Å². The normalized spacial score (nSPS) is 15.4. The molecule has 0 aliphatic carbocycles. The Hall–Kier alpha value is -2.72. The van der Waals surface area contributed by atoms with Crippen LogP contribution in [0, 0.1) is 6.92 Å². The molecule has 1 aliphatic heterocycles. The SMILES string of the molecule is Cc1ccc(-n2c(SCC(=O)Nc3cccc(C(F)(F)F)c3)nc3c(c2=O)SC(C)C3)cc1. The number of hydrogen-bond acceptors (Lipinski definition) is 5. The topological polar surface area (TPSA) is 64.0 Å². The molecular formula is C23H20F3N3O2S2. The molecular weight excluding hydrogens is 471 g/mol. The molecule has 33 heavy (non-hydrogen) atoms. The van der Waals surface area contributed by atoms with E-state index >= 15 is 0 Å². The highest BCUT2D eigenvalue weighted by molar-refractivity contribution is 8.00. The van der Waals surface area contributed by atoms with Crippen LogP contribution in [0.1, 0.15) is 23.7 Å². The van der Waals surface area contributed by atoms with E-state index in [2.05, 4.69) is 10.3 Å². The van der Waals surface area contributed by atoms with Crippen molar-refractivity contribution in [2.45, 2.75) is 41.7 Å². The number of nitrogens with one attached hydrogen (secondary N) is 1. The fourth-order valence-corrected chi connectivity index (χ4v) is 5.34. The molecule has 1 aliphatic rings. The summed E-state index contributed by atoms with van der Waals surface area (Å²) in [7, 11) is 0. The van der Waals surface area contributed by atoms with Crippen molar-refractivity contribution in [2.75, 3.05) is 11.1 Å². The highest BCUT2D eigenvalue weighted by atomic mass is 32.2. The minimum absolute atomic E-state index is 0.0542. The predicted molar refractivity (Wildman–Crippen MR) is 124 cm³/mol. The molecule has 2 aromatic carbocycles. The van der Waals surface area contributed by atoms with Crippen LogP contribution in [0.4, 0.5) is 18.9 Å². The summed E-state index contributed by atoms with van der Waals surface area (Å²) in [5.41, 5.74) is 1.42. The molecule has 1 atom stereocenters. The van der Waals surface area contributed by atoms with E-state index in [-0.39, 0.29) is 22.2 Å². The number of fused-ring (bicyclic) bond motifs is 1. The summed E-state index contributed by atoms with van der Waals surface area (Å²) in [5.74, 6) is -0.608. The van der Waals surface area contributed by atoms with Crippen LogP contribution in [0.2, 0.25) is 0 Å². The summed E-state index contributed by atoms with van der Waals surface area (Å²) < 4.78 is 40.3. The fraction of sp³-hybridized carbons (Fsp3) is 0.261. The number of anilines is 1. The standard InChI is InChI=1S/C23H20F3N3O2S2/c1-13-6-8-17(9-7-13)29-21(31)20-18(10-14(2)33-20)28-22(29)32-12-19(30)27-16-5-3-4-15(11-16)23(24,25)26/h3-9,11,14H,10,12H2,1-2H3,(H,27,30). The Morgan fingerprint density at radius 3 is 2.67 bits per heavy atom. The molecule has 2 heterocycles. The molecule has 4 rings (SSSR count). The van der Waals surface area contributed by atoms with Gasteiger partial charge in [0.25, 0.3) is 5.56 Å². The van der Waals surface area contributed by atoms with Crippen molar-refractivity contribution in [1.82, 2.24) is 9.55 Å². The molecule has 1 amide bonds. The largest absolute Gasteiger partial charge is 0.416 e. The number of aromatic nitrogens is 2. The average molecular weight is 492 g/mol. The van der Waals surface area contributed by atoms with Crippen molar-refractivity contribution in [2.24, 2.45) is 0 Å². The quantitative estimate of drug-likeness (QED) is 0.386. The van der Waals surface area contributed by atoms with Crippen LogP contribution in [-0.2, 0) is 17.4 Å². The zero-order valence-electron chi connectivity index (χ0n) is 17.8. The summed E-state index contributed by atoms with van der Waals surface area (Å²) in [6.07, 6.45) is -3.84. The number of amides is 1. The Morgan fingerprint density at radius 1 is 1.24 bits per heavy atom. The van der Waals surface area contributed by atoms with Gasteiger partial charge in [0.15, 0.2) is 5.16 Å². The van der Waals surface area contributed by atoms with Gasteiger partial charge in [-0.25, -0.2) is 4.98 Å². The highest BCUT2D eigenvalue weighted by Crippen LogP contribution is 2.35. The monoisotopic (exact) mass is 491 g/mol. The maximum Gasteiger partial charge on any atom is 0.416 e. The van der Waals surface area contributed by atoms with Crippen molar-refractivity contribution < 1.29 is 18.0 Å². The number of carbonyl (C=O) groups is 1. The number of aryl methyl sites for hydroxylation is 1. The van der Waals surface area contributed by atoms with Gasteiger partial charge in [-0.1, -0.05) is 42.4 Å². The number of halogens is 3. The van der Waals surface area contributed by atoms with E-state index < -0.39 is 17.6 Å². The lowest BCUT2D eigenvalue weighted by Gasteiger charge is -2.14. The second kappa shape index (κ2) is 9.26. The number of alkyl halides is 3. The Bertz CT molecular complexity index is 1260. The molecule has 5 nitrogen and oxygen atoms in total. The van der Waals surface area contributed by atoms with Crippen LogP contribution in [-0.4, -0.2) is 26.5 Å². The van der Waals surface area contributed by atoms with E-state index in [9.17, 15) is 22.8 Å². The maximum atomic E-state index is 13.3.